The van der Waals surface area contributed by atoms with Crippen molar-refractivity contribution in [3.63, 3.8) is 0 Å². The summed E-state index contributed by atoms with van der Waals surface area (Å²) in [6.07, 6.45) is 1.53. The number of anilines is 1. The fourth-order valence-corrected chi connectivity index (χ4v) is 6.25. The molecule has 2 N–H and O–H groups in total. The Morgan fingerprint density at radius 3 is 2.56 bits per heavy atom. The summed E-state index contributed by atoms with van der Waals surface area (Å²) in [5.74, 6) is 0.390. The number of carbonyl (C=O) groups is 2. The number of para-hydroxylation sites is 1. The molecule has 0 spiro atoms. The van der Waals surface area contributed by atoms with Crippen molar-refractivity contribution in [3.05, 3.63) is 84.5 Å². The SMILES string of the molecule is CCC(CC)NC(=O)C1=C(C)N=c2s/c(=C3\C(=O)Nc4ccccc43)c(=O)n2C1c1cc(OC)ccc1OC. The van der Waals surface area contributed by atoms with E-state index < -0.39 is 11.6 Å². The summed E-state index contributed by atoms with van der Waals surface area (Å²) >= 11 is 1.14. The lowest BCUT2D eigenvalue weighted by molar-refractivity contribution is -0.118. The Balaban J connectivity index is 1.81. The summed E-state index contributed by atoms with van der Waals surface area (Å²) < 4.78 is 12.9. The minimum atomic E-state index is -0.852. The number of rotatable bonds is 7. The van der Waals surface area contributed by atoms with Gasteiger partial charge in [0.1, 0.15) is 22.1 Å². The molecule has 2 aliphatic heterocycles. The van der Waals surface area contributed by atoms with E-state index in [2.05, 4.69) is 10.6 Å². The molecule has 10 heteroatoms. The van der Waals surface area contributed by atoms with Gasteiger partial charge < -0.3 is 20.1 Å². The third kappa shape index (κ3) is 4.44. The zero-order valence-corrected chi connectivity index (χ0v) is 23.3. The van der Waals surface area contributed by atoms with Crippen molar-refractivity contribution in [2.45, 2.75) is 45.7 Å². The Bertz CT molecular complexity index is 1700. The highest BCUT2D eigenvalue weighted by Gasteiger charge is 2.36. The summed E-state index contributed by atoms with van der Waals surface area (Å²) in [6.45, 7) is 5.79. The van der Waals surface area contributed by atoms with Crippen LogP contribution in [0.2, 0.25) is 0 Å². The molecule has 2 amide bonds. The van der Waals surface area contributed by atoms with Gasteiger partial charge in [0.2, 0.25) is 0 Å². The fourth-order valence-electron chi connectivity index (χ4n) is 5.11. The van der Waals surface area contributed by atoms with E-state index in [1.54, 1.807) is 38.3 Å². The number of fused-ring (bicyclic) bond motifs is 2. The van der Waals surface area contributed by atoms with Crippen molar-refractivity contribution in [1.29, 1.82) is 0 Å². The highest BCUT2D eigenvalue weighted by atomic mass is 32.1. The number of hydrogen-bond acceptors (Lipinski definition) is 7. The lowest BCUT2D eigenvalue weighted by Crippen LogP contribution is -2.44. The molecule has 202 valence electrons. The molecule has 1 atom stereocenters. The molecule has 0 saturated carbocycles. The Labute approximate surface area is 229 Å². The van der Waals surface area contributed by atoms with Gasteiger partial charge in [-0.25, -0.2) is 4.99 Å². The molecule has 2 aliphatic rings. The van der Waals surface area contributed by atoms with E-state index in [0.29, 0.717) is 50.0 Å². The van der Waals surface area contributed by atoms with E-state index in [1.807, 2.05) is 32.0 Å². The van der Waals surface area contributed by atoms with Crippen LogP contribution in [0.4, 0.5) is 5.69 Å². The molecule has 3 aromatic rings. The number of aromatic nitrogens is 1. The zero-order valence-electron chi connectivity index (χ0n) is 22.5. The van der Waals surface area contributed by atoms with Crippen LogP contribution in [0, 0.1) is 0 Å². The van der Waals surface area contributed by atoms with Gasteiger partial charge in [-0.15, -0.1) is 0 Å². The molecule has 1 aromatic heterocycles. The van der Waals surface area contributed by atoms with Crippen molar-refractivity contribution in [2.24, 2.45) is 4.99 Å². The minimum Gasteiger partial charge on any atom is -0.497 e. The largest absolute Gasteiger partial charge is 0.497 e. The molecule has 2 aromatic carbocycles. The highest BCUT2D eigenvalue weighted by Crippen LogP contribution is 2.38. The lowest BCUT2D eigenvalue weighted by atomic mass is 9.93. The first kappa shape index (κ1) is 26.4. The van der Waals surface area contributed by atoms with Gasteiger partial charge in [0.15, 0.2) is 4.80 Å². The second-order valence-electron chi connectivity index (χ2n) is 9.37. The van der Waals surface area contributed by atoms with Gasteiger partial charge in [-0.1, -0.05) is 43.4 Å². The minimum absolute atomic E-state index is 0.0314. The number of thiazole rings is 1. The maximum Gasteiger partial charge on any atom is 0.271 e. The molecule has 0 radical (unpaired) electrons. The average molecular weight is 547 g/mol. The maximum absolute atomic E-state index is 14.2. The first-order valence-electron chi connectivity index (χ1n) is 12.8. The Kier molecular flexibility index (Phi) is 7.14. The number of amides is 2. The number of carbonyl (C=O) groups excluding carboxylic acids is 2. The number of benzene rings is 2. The molecule has 5 rings (SSSR count). The van der Waals surface area contributed by atoms with Gasteiger partial charge in [0.05, 0.1) is 31.1 Å². The summed E-state index contributed by atoms with van der Waals surface area (Å²) in [4.78, 5) is 46.1. The van der Waals surface area contributed by atoms with Crippen LogP contribution < -0.4 is 35.0 Å². The van der Waals surface area contributed by atoms with Gasteiger partial charge in [-0.05, 0) is 44.0 Å². The van der Waals surface area contributed by atoms with Crippen LogP contribution in [0.15, 0.2) is 63.5 Å². The van der Waals surface area contributed by atoms with E-state index in [4.69, 9.17) is 14.5 Å². The summed E-state index contributed by atoms with van der Waals surface area (Å²) in [5, 5.41) is 5.95. The molecular formula is C29H30N4O5S. The quantitative estimate of drug-likeness (QED) is 0.474. The first-order valence-corrected chi connectivity index (χ1v) is 13.6. The molecule has 0 aliphatic carbocycles. The number of methoxy groups -OCH3 is 2. The van der Waals surface area contributed by atoms with Crippen LogP contribution >= 0.6 is 11.3 Å². The first-order chi connectivity index (χ1) is 18.8. The van der Waals surface area contributed by atoms with Gasteiger partial charge in [0.25, 0.3) is 17.4 Å². The number of nitrogens with one attached hydrogen (secondary N) is 2. The van der Waals surface area contributed by atoms with E-state index in [-0.39, 0.29) is 22.4 Å². The molecule has 0 saturated heterocycles. The normalized spacial score (nSPS) is 17.4. The van der Waals surface area contributed by atoms with Crippen molar-refractivity contribution < 1.29 is 19.1 Å². The summed E-state index contributed by atoms with van der Waals surface area (Å²) in [6, 6.07) is 11.6. The molecule has 1 unspecified atom stereocenters. The Hall–Kier alpha value is -4.18. The number of nitrogens with zero attached hydrogens (tertiary/aromatic N) is 2. The summed E-state index contributed by atoms with van der Waals surface area (Å²) in [7, 11) is 3.09. The smallest absolute Gasteiger partial charge is 0.271 e. The third-order valence-corrected chi connectivity index (χ3v) is 8.25. The van der Waals surface area contributed by atoms with Gasteiger partial charge >= 0.3 is 0 Å². The van der Waals surface area contributed by atoms with Crippen LogP contribution in [0.3, 0.4) is 0 Å². The molecule has 3 heterocycles. The van der Waals surface area contributed by atoms with Gasteiger partial charge in [-0.3, -0.25) is 19.0 Å². The number of allylic oxidation sites excluding steroid dienone is 1. The Morgan fingerprint density at radius 1 is 1.13 bits per heavy atom. The maximum atomic E-state index is 14.2. The molecular weight excluding hydrogens is 516 g/mol. The second kappa shape index (κ2) is 10.5. The second-order valence-corrected chi connectivity index (χ2v) is 10.3. The van der Waals surface area contributed by atoms with Crippen LogP contribution in [-0.2, 0) is 9.59 Å². The van der Waals surface area contributed by atoms with Gasteiger partial charge in [0, 0.05) is 22.9 Å². The van der Waals surface area contributed by atoms with Gasteiger partial charge in [-0.2, -0.15) is 0 Å². The lowest BCUT2D eigenvalue weighted by Gasteiger charge is -2.28. The number of hydrogen-bond donors (Lipinski definition) is 2. The molecule has 0 bridgehead atoms. The molecule has 0 fully saturated rings. The molecule has 9 nitrogen and oxygen atoms in total. The van der Waals surface area contributed by atoms with Crippen LogP contribution in [0.5, 0.6) is 11.5 Å². The van der Waals surface area contributed by atoms with Crippen molar-refractivity contribution >= 4 is 34.4 Å². The van der Waals surface area contributed by atoms with Crippen LogP contribution in [0.1, 0.15) is 50.8 Å². The van der Waals surface area contributed by atoms with Crippen molar-refractivity contribution in [1.82, 2.24) is 9.88 Å². The topological polar surface area (TPSA) is 111 Å². The predicted molar refractivity (Wildman–Crippen MR) is 150 cm³/mol. The van der Waals surface area contributed by atoms with E-state index in [0.717, 1.165) is 24.2 Å². The molecule has 39 heavy (non-hydrogen) atoms. The van der Waals surface area contributed by atoms with E-state index in [1.165, 1.54) is 11.7 Å². The average Bonchev–Trinajstić information content (AvgIpc) is 3.44. The monoisotopic (exact) mass is 546 g/mol. The van der Waals surface area contributed by atoms with E-state index in [9.17, 15) is 14.4 Å². The fraction of sp³-hybridized carbons (Fsp3) is 0.310. The summed E-state index contributed by atoms with van der Waals surface area (Å²) in [5.41, 5.74) is 2.61. The predicted octanol–water partition coefficient (Wildman–Crippen LogP) is 2.88. The Morgan fingerprint density at radius 2 is 1.87 bits per heavy atom. The van der Waals surface area contributed by atoms with Crippen LogP contribution in [-0.4, -0.2) is 36.6 Å². The highest BCUT2D eigenvalue weighted by molar-refractivity contribution is 7.07. The standard InChI is InChI=1S/C29H30N4O5S/c1-6-16(7-2)31-26(34)22-15(3)30-29-33(24(22)19-14-17(37-4)12-13-21(19)38-5)28(36)25(39-29)23-18-10-8-9-11-20(18)32-27(23)35/h8-14,16,24H,6-7H2,1-5H3,(H,31,34)(H,32,35)/b25-23-. The zero-order chi connectivity index (χ0) is 27.8. The van der Waals surface area contributed by atoms with Crippen molar-refractivity contribution in [3.8, 4) is 11.5 Å². The number of ether oxygens (including phenoxy) is 2. The van der Waals surface area contributed by atoms with Crippen molar-refractivity contribution in [2.75, 3.05) is 19.5 Å². The third-order valence-electron chi connectivity index (χ3n) is 7.19. The van der Waals surface area contributed by atoms with Crippen LogP contribution in [0.25, 0.3) is 5.57 Å². The van der Waals surface area contributed by atoms with E-state index >= 15 is 0 Å².